The zero-order valence-corrected chi connectivity index (χ0v) is 12.3. The van der Waals surface area contributed by atoms with Gasteiger partial charge in [-0.05, 0) is 25.2 Å². The Bertz CT molecular complexity index is 420. The van der Waals surface area contributed by atoms with Crippen molar-refractivity contribution in [1.29, 1.82) is 0 Å². The molecule has 2 atom stereocenters. The normalized spacial score (nSPS) is 33.7. The van der Waals surface area contributed by atoms with Crippen LogP contribution in [0.4, 0.5) is 0 Å². The standard InChI is InChI=1S/C15H23NO5/c17-13(7-11-1-4-20-5-2-11)16-8-12-9-21-6-3-15(12,10-16)14(18)19/h11-12H,1-10H2,(H,18,19)/t12-,15+/m0/s1. The minimum Gasteiger partial charge on any atom is -0.481 e. The third-order valence-electron chi connectivity index (χ3n) is 5.29. The molecule has 0 bridgehead atoms. The van der Waals surface area contributed by atoms with E-state index in [0.717, 1.165) is 26.1 Å². The lowest BCUT2D eigenvalue weighted by Crippen LogP contribution is -2.45. The maximum absolute atomic E-state index is 12.5. The Kier molecular flexibility index (Phi) is 4.17. The average Bonchev–Trinajstić information content (AvgIpc) is 2.89. The number of carboxylic acid groups (broad SMARTS) is 1. The van der Waals surface area contributed by atoms with Crippen molar-refractivity contribution >= 4 is 11.9 Å². The average molecular weight is 297 g/mol. The lowest BCUT2D eigenvalue weighted by atomic mass is 9.74. The molecule has 0 spiro atoms. The van der Waals surface area contributed by atoms with E-state index >= 15 is 0 Å². The molecule has 3 aliphatic rings. The summed E-state index contributed by atoms with van der Waals surface area (Å²) in [5.74, 6) is -0.373. The first-order valence-corrected chi connectivity index (χ1v) is 7.78. The van der Waals surface area contributed by atoms with Crippen molar-refractivity contribution in [3.63, 3.8) is 0 Å². The van der Waals surface area contributed by atoms with Crippen LogP contribution in [-0.2, 0) is 19.1 Å². The van der Waals surface area contributed by atoms with Crippen LogP contribution in [0.1, 0.15) is 25.7 Å². The topological polar surface area (TPSA) is 76.1 Å². The fourth-order valence-corrected chi connectivity index (χ4v) is 3.82. The Morgan fingerprint density at radius 1 is 1.19 bits per heavy atom. The molecule has 0 saturated carbocycles. The summed E-state index contributed by atoms with van der Waals surface area (Å²) in [5, 5.41) is 9.61. The molecule has 1 amide bonds. The summed E-state index contributed by atoms with van der Waals surface area (Å²) in [5.41, 5.74) is -0.788. The number of amides is 1. The van der Waals surface area contributed by atoms with Gasteiger partial charge in [-0.3, -0.25) is 9.59 Å². The summed E-state index contributed by atoms with van der Waals surface area (Å²) in [6, 6.07) is 0. The van der Waals surface area contributed by atoms with Gasteiger partial charge in [0.15, 0.2) is 0 Å². The minimum atomic E-state index is -0.788. The molecule has 0 radical (unpaired) electrons. The largest absolute Gasteiger partial charge is 0.481 e. The fourth-order valence-electron chi connectivity index (χ4n) is 3.82. The van der Waals surface area contributed by atoms with E-state index in [-0.39, 0.29) is 11.8 Å². The van der Waals surface area contributed by atoms with E-state index in [4.69, 9.17) is 9.47 Å². The number of likely N-dealkylation sites (tertiary alicyclic amines) is 1. The van der Waals surface area contributed by atoms with Crippen LogP contribution < -0.4 is 0 Å². The lowest BCUT2D eigenvalue weighted by molar-refractivity contribution is -0.157. The van der Waals surface area contributed by atoms with Gasteiger partial charge in [0.1, 0.15) is 0 Å². The van der Waals surface area contributed by atoms with Crippen molar-refractivity contribution in [3.05, 3.63) is 0 Å². The Morgan fingerprint density at radius 2 is 1.95 bits per heavy atom. The highest BCUT2D eigenvalue weighted by atomic mass is 16.5. The number of fused-ring (bicyclic) bond motifs is 1. The number of carbonyl (C=O) groups excluding carboxylic acids is 1. The number of hydrogen-bond acceptors (Lipinski definition) is 4. The molecule has 0 aromatic rings. The highest BCUT2D eigenvalue weighted by Gasteiger charge is 2.54. The van der Waals surface area contributed by atoms with E-state index in [2.05, 4.69) is 0 Å². The van der Waals surface area contributed by atoms with Crippen molar-refractivity contribution in [2.45, 2.75) is 25.7 Å². The van der Waals surface area contributed by atoms with E-state index in [9.17, 15) is 14.7 Å². The Balaban J connectivity index is 1.64. The van der Waals surface area contributed by atoms with E-state index in [1.54, 1.807) is 4.90 Å². The second-order valence-corrected chi connectivity index (χ2v) is 6.52. The summed E-state index contributed by atoms with van der Waals surface area (Å²) in [7, 11) is 0. The maximum atomic E-state index is 12.5. The van der Waals surface area contributed by atoms with E-state index in [1.165, 1.54) is 0 Å². The predicted molar refractivity (Wildman–Crippen MR) is 73.7 cm³/mol. The Hall–Kier alpha value is -1.14. The monoisotopic (exact) mass is 297 g/mol. The molecule has 21 heavy (non-hydrogen) atoms. The van der Waals surface area contributed by atoms with Gasteiger partial charge in [-0.2, -0.15) is 0 Å². The molecule has 0 unspecified atom stereocenters. The van der Waals surface area contributed by atoms with E-state index in [1.807, 2.05) is 0 Å². The van der Waals surface area contributed by atoms with Crippen molar-refractivity contribution in [1.82, 2.24) is 4.90 Å². The molecular weight excluding hydrogens is 274 g/mol. The van der Waals surface area contributed by atoms with Gasteiger partial charge in [-0.1, -0.05) is 0 Å². The summed E-state index contributed by atoms with van der Waals surface area (Å²) < 4.78 is 10.7. The molecular formula is C15H23NO5. The summed E-state index contributed by atoms with van der Waals surface area (Å²) >= 11 is 0. The van der Waals surface area contributed by atoms with Gasteiger partial charge in [0.25, 0.3) is 0 Å². The zero-order valence-electron chi connectivity index (χ0n) is 12.3. The predicted octanol–water partition coefficient (Wildman–Crippen LogP) is 0.753. The van der Waals surface area contributed by atoms with Crippen LogP contribution in [0.5, 0.6) is 0 Å². The number of carboxylic acids is 1. The number of aliphatic carboxylic acids is 1. The van der Waals surface area contributed by atoms with E-state index in [0.29, 0.717) is 45.1 Å². The highest BCUT2D eigenvalue weighted by molar-refractivity contribution is 5.81. The molecule has 3 heterocycles. The number of rotatable bonds is 3. The van der Waals surface area contributed by atoms with Gasteiger partial charge in [0.2, 0.25) is 5.91 Å². The Morgan fingerprint density at radius 3 is 2.62 bits per heavy atom. The molecule has 1 N–H and O–H groups in total. The zero-order chi connectivity index (χ0) is 14.9. The van der Waals surface area contributed by atoms with Gasteiger partial charge in [0, 0.05) is 45.2 Å². The molecule has 3 saturated heterocycles. The molecule has 0 aromatic heterocycles. The van der Waals surface area contributed by atoms with Gasteiger partial charge >= 0.3 is 5.97 Å². The summed E-state index contributed by atoms with van der Waals surface area (Å²) in [4.78, 5) is 25.9. The van der Waals surface area contributed by atoms with Crippen LogP contribution in [0.3, 0.4) is 0 Å². The van der Waals surface area contributed by atoms with Crippen LogP contribution in [-0.4, -0.2) is 61.4 Å². The van der Waals surface area contributed by atoms with Crippen LogP contribution in [0.25, 0.3) is 0 Å². The molecule has 0 aliphatic carbocycles. The smallest absolute Gasteiger partial charge is 0.311 e. The summed E-state index contributed by atoms with van der Waals surface area (Å²) in [6.07, 6.45) is 2.88. The SMILES string of the molecule is O=C(CC1CCOCC1)N1C[C@H]2COCC[C@@]2(C(=O)O)C1. The Labute approximate surface area is 124 Å². The first-order chi connectivity index (χ1) is 10.1. The number of ether oxygens (including phenoxy) is 2. The molecule has 118 valence electrons. The molecule has 3 rings (SSSR count). The van der Waals surface area contributed by atoms with Crippen LogP contribution in [0.15, 0.2) is 0 Å². The fraction of sp³-hybridized carbons (Fsp3) is 0.867. The van der Waals surface area contributed by atoms with E-state index < -0.39 is 11.4 Å². The minimum absolute atomic E-state index is 0.0672. The first kappa shape index (κ1) is 14.8. The highest BCUT2D eigenvalue weighted by Crippen LogP contribution is 2.42. The van der Waals surface area contributed by atoms with Gasteiger partial charge in [-0.25, -0.2) is 0 Å². The molecule has 0 aromatic carbocycles. The van der Waals surface area contributed by atoms with Crippen molar-refractivity contribution in [2.75, 3.05) is 39.5 Å². The van der Waals surface area contributed by atoms with Crippen molar-refractivity contribution in [3.8, 4) is 0 Å². The van der Waals surface area contributed by atoms with Crippen molar-refractivity contribution in [2.24, 2.45) is 17.3 Å². The molecule has 6 nitrogen and oxygen atoms in total. The van der Waals surface area contributed by atoms with Crippen LogP contribution >= 0.6 is 0 Å². The number of hydrogen-bond donors (Lipinski definition) is 1. The number of carbonyl (C=O) groups is 2. The number of nitrogens with zero attached hydrogens (tertiary/aromatic N) is 1. The van der Waals surface area contributed by atoms with Gasteiger partial charge in [0.05, 0.1) is 12.0 Å². The lowest BCUT2D eigenvalue weighted by Gasteiger charge is -2.33. The molecule has 6 heteroatoms. The van der Waals surface area contributed by atoms with Gasteiger partial charge in [-0.15, -0.1) is 0 Å². The second kappa shape index (κ2) is 5.93. The van der Waals surface area contributed by atoms with Crippen LogP contribution in [0.2, 0.25) is 0 Å². The van der Waals surface area contributed by atoms with Gasteiger partial charge < -0.3 is 19.5 Å². The summed E-state index contributed by atoms with van der Waals surface area (Å²) in [6.45, 7) is 3.26. The quantitative estimate of drug-likeness (QED) is 0.832. The first-order valence-electron chi connectivity index (χ1n) is 7.78. The van der Waals surface area contributed by atoms with Crippen LogP contribution in [0, 0.1) is 17.3 Å². The third kappa shape index (κ3) is 2.79. The second-order valence-electron chi connectivity index (χ2n) is 6.52. The van der Waals surface area contributed by atoms with Crippen molar-refractivity contribution < 1.29 is 24.2 Å². The third-order valence-corrected chi connectivity index (χ3v) is 5.29. The maximum Gasteiger partial charge on any atom is 0.311 e. The molecule has 3 fully saturated rings. The molecule has 3 aliphatic heterocycles.